The lowest BCUT2D eigenvalue weighted by atomic mass is 10.4. The van der Waals surface area contributed by atoms with Gasteiger partial charge in [0.2, 0.25) is 0 Å². The fourth-order valence-electron chi connectivity index (χ4n) is 0.959. The molecular formula is C8H7BrN2O5S2. The lowest BCUT2D eigenvalue weighted by Gasteiger charge is -2.04. The van der Waals surface area contributed by atoms with Crippen LogP contribution in [0.4, 0.5) is 0 Å². The number of benzene rings is 1. The quantitative estimate of drug-likeness (QED) is 0.605. The maximum absolute atomic E-state index is 11.7. The number of nitrogens with zero attached hydrogens (tertiary/aromatic N) is 1. The molecule has 7 nitrogen and oxygen atoms in total. The molecule has 0 unspecified atom stereocenters. The summed E-state index contributed by atoms with van der Waals surface area (Å²) in [5.41, 5.74) is 0. The summed E-state index contributed by atoms with van der Waals surface area (Å²) in [6.45, 7) is 0. The SMILES string of the molecule is O=C=NS(=O)(=O)NCS(=O)(=O)c1ccc(Br)cc1. The molecule has 18 heavy (non-hydrogen) atoms. The van der Waals surface area contributed by atoms with Crippen LogP contribution < -0.4 is 4.72 Å². The summed E-state index contributed by atoms with van der Waals surface area (Å²) in [5.74, 6) is -0.887. The molecule has 0 amide bonds. The van der Waals surface area contributed by atoms with Crippen LogP contribution in [0.1, 0.15) is 0 Å². The molecule has 1 aromatic rings. The standard InChI is InChI=1S/C8H7BrN2O5S2/c9-7-1-3-8(4-2-7)17(13,14)6-11-18(15,16)10-5-12/h1-4,11H,6H2. The number of isocyanates is 1. The zero-order chi connectivity index (χ0) is 13.8. The maximum atomic E-state index is 11.7. The van der Waals surface area contributed by atoms with E-state index in [9.17, 15) is 21.6 Å². The minimum atomic E-state index is -4.32. The Kier molecular flexibility index (Phi) is 4.77. The van der Waals surface area contributed by atoms with Crippen molar-refractivity contribution in [1.29, 1.82) is 0 Å². The Morgan fingerprint density at radius 1 is 1.17 bits per heavy atom. The van der Waals surface area contributed by atoms with Crippen molar-refractivity contribution >= 4 is 42.1 Å². The highest BCUT2D eigenvalue weighted by Gasteiger charge is 2.18. The molecule has 0 aliphatic carbocycles. The van der Waals surface area contributed by atoms with E-state index in [2.05, 4.69) is 20.3 Å². The van der Waals surface area contributed by atoms with Crippen LogP contribution in [-0.4, -0.2) is 28.8 Å². The first kappa shape index (κ1) is 15.0. The van der Waals surface area contributed by atoms with Crippen molar-refractivity contribution in [3.05, 3.63) is 28.7 Å². The Morgan fingerprint density at radius 3 is 2.22 bits per heavy atom. The van der Waals surface area contributed by atoms with Gasteiger partial charge in [0.25, 0.3) is 6.08 Å². The Bertz CT molecular complexity index is 675. The van der Waals surface area contributed by atoms with Gasteiger partial charge in [-0.15, -0.1) is 0 Å². The Balaban J connectivity index is 2.90. The van der Waals surface area contributed by atoms with Crippen LogP contribution in [0, 0.1) is 0 Å². The summed E-state index contributed by atoms with van der Waals surface area (Å²) >= 11 is 3.14. The molecule has 0 heterocycles. The number of halogens is 1. The van der Waals surface area contributed by atoms with Gasteiger partial charge in [-0.25, -0.2) is 13.2 Å². The number of rotatable bonds is 5. The average Bonchev–Trinajstić information content (AvgIpc) is 2.27. The van der Waals surface area contributed by atoms with Crippen LogP contribution >= 0.6 is 15.9 Å². The molecule has 10 heteroatoms. The monoisotopic (exact) mass is 354 g/mol. The smallest absolute Gasteiger partial charge is 0.222 e. The first-order valence-corrected chi connectivity index (χ1v) is 8.22. The van der Waals surface area contributed by atoms with Gasteiger partial charge in [-0.2, -0.15) is 13.1 Å². The molecular weight excluding hydrogens is 348 g/mol. The van der Waals surface area contributed by atoms with Gasteiger partial charge in [0.05, 0.1) is 4.90 Å². The molecule has 0 saturated heterocycles. The summed E-state index contributed by atoms with van der Waals surface area (Å²) in [5, 5.41) is 0. The molecule has 1 aromatic carbocycles. The van der Waals surface area contributed by atoms with Gasteiger partial charge in [0.1, 0.15) is 5.88 Å². The van der Waals surface area contributed by atoms with Crippen molar-refractivity contribution in [2.24, 2.45) is 4.40 Å². The first-order chi connectivity index (χ1) is 8.27. The predicted octanol–water partition coefficient (Wildman–Crippen LogP) is 0.351. The lowest BCUT2D eigenvalue weighted by Crippen LogP contribution is -2.28. The predicted molar refractivity (Wildman–Crippen MR) is 66.4 cm³/mol. The molecule has 0 aliphatic heterocycles. The molecule has 0 fully saturated rings. The zero-order valence-electron chi connectivity index (χ0n) is 8.70. The Morgan fingerprint density at radius 2 is 1.72 bits per heavy atom. The van der Waals surface area contributed by atoms with Crippen molar-refractivity contribution in [2.75, 3.05) is 5.88 Å². The second-order valence-corrected chi connectivity index (χ2v) is 7.34. The highest BCUT2D eigenvalue weighted by molar-refractivity contribution is 9.10. The van der Waals surface area contributed by atoms with Crippen molar-refractivity contribution in [3.63, 3.8) is 0 Å². The molecule has 0 spiro atoms. The van der Waals surface area contributed by atoms with E-state index in [4.69, 9.17) is 0 Å². The fourth-order valence-corrected chi connectivity index (χ4v) is 3.32. The third-order valence-electron chi connectivity index (χ3n) is 1.76. The van der Waals surface area contributed by atoms with Crippen molar-refractivity contribution in [3.8, 4) is 0 Å². The summed E-state index contributed by atoms with van der Waals surface area (Å²) in [4.78, 5) is 9.73. The van der Waals surface area contributed by atoms with Crippen LogP contribution in [0.2, 0.25) is 0 Å². The summed E-state index contributed by atoms with van der Waals surface area (Å²) in [7, 11) is -8.15. The largest absolute Gasteiger partial charge is 0.331 e. The second-order valence-electron chi connectivity index (χ2n) is 3.01. The van der Waals surface area contributed by atoms with Gasteiger partial charge in [0, 0.05) is 4.47 Å². The summed E-state index contributed by atoms with van der Waals surface area (Å²) in [6, 6.07) is 5.64. The molecule has 0 bridgehead atoms. The number of carbonyl (C=O) groups excluding carboxylic acids is 1. The molecule has 1 rings (SSSR count). The summed E-state index contributed by atoms with van der Waals surface area (Å²) in [6.07, 6.45) is 0.815. The highest BCUT2D eigenvalue weighted by Crippen LogP contribution is 2.15. The van der Waals surface area contributed by atoms with Gasteiger partial charge in [0.15, 0.2) is 9.84 Å². The molecule has 0 aliphatic rings. The van der Waals surface area contributed by atoms with E-state index in [0.29, 0.717) is 4.47 Å². The number of sulfone groups is 1. The van der Waals surface area contributed by atoms with Crippen LogP contribution in [0.5, 0.6) is 0 Å². The Hall–Kier alpha value is -1.06. The molecule has 1 N–H and O–H groups in total. The first-order valence-electron chi connectivity index (χ1n) is 4.34. The maximum Gasteiger partial charge on any atom is 0.331 e. The average molecular weight is 355 g/mol. The molecule has 0 radical (unpaired) electrons. The Labute approximate surface area is 112 Å². The normalized spacial score (nSPS) is 11.8. The van der Waals surface area contributed by atoms with Gasteiger partial charge in [-0.1, -0.05) is 20.3 Å². The van der Waals surface area contributed by atoms with Gasteiger partial charge in [-0.3, -0.25) is 0 Å². The number of hydrogen-bond acceptors (Lipinski definition) is 5. The minimum Gasteiger partial charge on any atom is -0.222 e. The number of nitrogens with one attached hydrogen (secondary N) is 1. The fraction of sp³-hybridized carbons (Fsp3) is 0.125. The van der Waals surface area contributed by atoms with E-state index in [1.165, 1.54) is 24.3 Å². The third-order valence-corrected chi connectivity index (χ3v) is 4.81. The van der Waals surface area contributed by atoms with E-state index in [1.54, 1.807) is 4.72 Å². The van der Waals surface area contributed by atoms with Crippen LogP contribution in [0.3, 0.4) is 0 Å². The molecule has 0 saturated carbocycles. The van der Waals surface area contributed by atoms with Gasteiger partial charge >= 0.3 is 10.2 Å². The van der Waals surface area contributed by atoms with E-state index in [1.807, 2.05) is 0 Å². The second kappa shape index (κ2) is 5.72. The highest BCUT2D eigenvalue weighted by atomic mass is 79.9. The van der Waals surface area contributed by atoms with Crippen LogP contribution in [0.25, 0.3) is 0 Å². The van der Waals surface area contributed by atoms with Gasteiger partial charge in [-0.05, 0) is 24.3 Å². The van der Waals surface area contributed by atoms with E-state index >= 15 is 0 Å². The van der Waals surface area contributed by atoms with E-state index in [-0.39, 0.29) is 4.90 Å². The third kappa shape index (κ3) is 4.31. The van der Waals surface area contributed by atoms with E-state index < -0.39 is 25.9 Å². The van der Waals surface area contributed by atoms with Gasteiger partial charge < -0.3 is 0 Å². The lowest BCUT2D eigenvalue weighted by molar-refractivity contribution is 0.561. The van der Waals surface area contributed by atoms with Crippen molar-refractivity contribution in [1.82, 2.24) is 4.72 Å². The molecule has 98 valence electrons. The van der Waals surface area contributed by atoms with Crippen LogP contribution in [0.15, 0.2) is 38.0 Å². The van der Waals surface area contributed by atoms with Crippen LogP contribution in [-0.2, 0) is 24.8 Å². The van der Waals surface area contributed by atoms with Crippen molar-refractivity contribution < 1.29 is 21.6 Å². The zero-order valence-corrected chi connectivity index (χ0v) is 11.9. The van der Waals surface area contributed by atoms with Crippen molar-refractivity contribution in [2.45, 2.75) is 4.90 Å². The summed E-state index contributed by atoms with van der Waals surface area (Å²) < 4.78 is 50.1. The molecule has 0 atom stereocenters. The molecule has 0 aromatic heterocycles. The van der Waals surface area contributed by atoms with E-state index in [0.717, 1.165) is 6.08 Å². The number of hydrogen-bond donors (Lipinski definition) is 1. The minimum absolute atomic E-state index is 0.0523. The topological polar surface area (TPSA) is 110 Å².